The Hall–Kier alpha value is -1.40. The van der Waals surface area contributed by atoms with Gasteiger partial charge in [0.15, 0.2) is 0 Å². The Labute approximate surface area is 262 Å². The quantitative estimate of drug-likeness (QED) is 0.228. The lowest BCUT2D eigenvalue weighted by Crippen LogP contribution is -2.51. The maximum absolute atomic E-state index is 12.9. The molecule has 0 radical (unpaired) electrons. The highest BCUT2D eigenvalue weighted by Crippen LogP contribution is 2.67. The van der Waals surface area contributed by atoms with Crippen molar-refractivity contribution in [2.24, 2.45) is 46.3 Å². The summed E-state index contributed by atoms with van der Waals surface area (Å²) in [6, 6.07) is 0. The summed E-state index contributed by atoms with van der Waals surface area (Å²) in [4.78, 5) is 27.5. The van der Waals surface area contributed by atoms with E-state index in [2.05, 4.69) is 51.3 Å². The summed E-state index contributed by atoms with van der Waals surface area (Å²) in [5, 5.41) is 6.70. The summed E-state index contributed by atoms with van der Waals surface area (Å²) in [6.45, 7) is 17.4. The van der Waals surface area contributed by atoms with E-state index >= 15 is 0 Å². The van der Waals surface area contributed by atoms with Crippen LogP contribution in [0, 0.1) is 46.3 Å². The Bertz CT molecular complexity index is 986. The van der Waals surface area contributed by atoms with Crippen LogP contribution >= 0.6 is 0 Å². The number of hydrogen-bond donors (Lipinski definition) is 2. The molecule has 0 aromatic heterocycles. The smallest absolute Gasteiger partial charge is 0.306 e. The molecule has 1 heterocycles. The van der Waals surface area contributed by atoms with Crippen LogP contribution in [-0.2, 0) is 14.3 Å². The van der Waals surface area contributed by atoms with E-state index in [0.717, 1.165) is 80.9 Å². The monoisotopic (exact) mass is 597 g/mol. The minimum atomic E-state index is -0.204. The molecular formula is C37H63N3O3. The number of amides is 1. The first-order valence-corrected chi connectivity index (χ1v) is 18.2. The molecule has 5 rings (SSSR count). The Morgan fingerprint density at radius 2 is 1.67 bits per heavy atom. The van der Waals surface area contributed by atoms with Gasteiger partial charge in [0.05, 0.1) is 6.42 Å². The first-order chi connectivity index (χ1) is 20.6. The lowest BCUT2D eigenvalue weighted by Gasteiger charge is -2.58. The molecular weight excluding hydrogens is 534 g/mol. The highest BCUT2D eigenvalue weighted by Gasteiger charge is 2.59. The van der Waals surface area contributed by atoms with Gasteiger partial charge in [0.1, 0.15) is 6.10 Å². The van der Waals surface area contributed by atoms with Crippen molar-refractivity contribution in [3.63, 3.8) is 0 Å². The fraction of sp³-hybridized carbons (Fsp3) is 0.892. The Morgan fingerprint density at radius 1 is 0.930 bits per heavy atom. The summed E-state index contributed by atoms with van der Waals surface area (Å²) in [6.07, 6.45) is 17.0. The highest BCUT2D eigenvalue weighted by atomic mass is 16.5. The van der Waals surface area contributed by atoms with E-state index in [4.69, 9.17) is 4.74 Å². The van der Waals surface area contributed by atoms with Gasteiger partial charge in [-0.25, -0.2) is 0 Å². The maximum atomic E-state index is 12.9. The van der Waals surface area contributed by atoms with Crippen LogP contribution in [0.4, 0.5) is 0 Å². The van der Waals surface area contributed by atoms with Crippen molar-refractivity contribution in [1.82, 2.24) is 15.5 Å². The fourth-order valence-electron chi connectivity index (χ4n) is 10.6. The van der Waals surface area contributed by atoms with Crippen molar-refractivity contribution in [2.45, 2.75) is 124 Å². The number of allylic oxidation sites excluding steroid dienone is 1. The zero-order chi connectivity index (χ0) is 30.6. The summed E-state index contributed by atoms with van der Waals surface area (Å²) in [5.74, 6) is 4.89. The Morgan fingerprint density at radius 3 is 2.40 bits per heavy atom. The van der Waals surface area contributed by atoms with Gasteiger partial charge in [-0.2, -0.15) is 0 Å². The van der Waals surface area contributed by atoms with Gasteiger partial charge in [-0.15, -0.1) is 0 Å². The highest BCUT2D eigenvalue weighted by molar-refractivity contribution is 5.81. The molecule has 1 saturated heterocycles. The standard InChI is InChI=1S/C37H63N3O3/c1-26(2)7-6-8-27(3)31-11-12-32-30-10-9-28-25-29(15-17-36(28,4)33(30)16-18-37(31,32)5)43-35(42)14-13-34(41)40-23-21-38-19-20-39-22-24-40/h9,26-27,29-33,38-39H,6-8,10-25H2,1-5H3/t27?,29-,30-,31+,32-,33-,36-,37+/m0/s1. The van der Waals surface area contributed by atoms with E-state index in [9.17, 15) is 9.59 Å². The van der Waals surface area contributed by atoms with E-state index in [1.165, 1.54) is 51.4 Å². The van der Waals surface area contributed by atoms with E-state index in [-0.39, 0.29) is 36.2 Å². The minimum Gasteiger partial charge on any atom is -0.462 e. The first-order valence-electron chi connectivity index (χ1n) is 18.2. The first kappa shape index (κ1) is 33.0. The van der Waals surface area contributed by atoms with E-state index in [1.54, 1.807) is 5.57 Å². The number of nitrogens with zero attached hydrogens (tertiary/aromatic N) is 1. The van der Waals surface area contributed by atoms with Crippen LogP contribution in [0.5, 0.6) is 0 Å². The van der Waals surface area contributed by atoms with Gasteiger partial charge in [-0.1, -0.05) is 65.5 Å². The number of rotatable bonds is 9. The number of esters is 1. The van der Waals surface area contributed by atoms with Crippen molar-refractivity contribution < 1.29 is 14.3 Å². The van der Waals surface area contributed by atoms with Crippen molar-refractivity contribution in [2.75, 3.05) is 39.3 Å². The van der Waals surface area contributed by atoms with Gasteiger partial charge in [0.2, 0.25) is 5.91 Å². The lowest BCUT2D eigenvalue weighted by molar-refractivity contribution is -0.153. The SMILES string of the molecule is CC(C)CCCC(C)[C@H]1CC[C@H]2[C@@H]3CC=C4C[C@@H](OC(=O)CCC(=O)N5CCNCCNCC5)CC[C@]4(C)[C@H]3CC[C@]12C. The molecule has 5 aliphatic rings. The van der Waals surface area contributed by atoms with Crippen molar-refractivity contribution >= 4 is 11.9 Å². The Balaban J connectivity index is 1.13. The van der Waals surface area contributed by atoms with Crippen LogP contribution in [0.1, 0.15) is 118 Å². The number of fused-ring (bicyclic) bond motifs is 5. The molecule has 6 heteroatoms. The molecule has 0 aromatic rings. The molecule has 8 atom stereocenters. The predicted octanol–water partition coefficient (Wildman–Crippen LogP) is 6.74. The summed E-state index contributed by atoms with van der Waals surface area (Å²) in [5.41, 5.74) is 2.34. The molecule has 2 N–H and O–H groups in total. The third kappa shape index (κ3) is 7.37. The number of hydrogen-bond acceptors (Lipinski definition) is 5. The zero-order valence-electron chi connectivity index (χ0n) is 28.2. The van der Waals surface area contributed by atoms with Crippen LogP contribution in [0.15, 0.2) is 11.6 Å². The van der Waals surface area contributed by atoms with Gasteiger partial charge >= 0.3 is 5.97 Å². The number of carbonyl (C=O) groups is 2. The largest absolute Gasteiger partial charge is 0.462 e. The molecule has 1 unspecified atom stereocenters. The van der Waals surface area contributed by atoms with Crippen LogP contribution < -0.4 is 10.6 Å². The molecule has 0 spiro atoms. The van der Waals surface area contributed by atoms with Crippen LogP contribution in [0.25, 0.3) is 0 Å². The molecule has 4 fully saturated rings. The van der Waals surface area contributed by atoms with E-state index < -0.39 is 0 Å². The Kier molecular flexibility index (Phi) is 11.0. The number of ether oxygens (including phenoxy) is 1. The number of nitrogens with one attached hydrogen (secondary N) is 2. The zero-order valence-corrected chi connectivity index (χ0v) is 28.2. The molecule has 43 heavy (non-hydrogen) atoms. The average Bonchev–Trinajstić information content (AvgIpc) is 3.39. The van der Waals surface area contributed by atoms with Crippen molar-refractivity contribution in [3.8, 4) is 0 Å². The van der Waals surface area contributed by atoms with Crippen LogP contribution in [0.3, 0.4) is 0 Å². The molecule has 244 valence electrons. The van der Waals surface area contributed by atoms with E-state index in [0.29, 0.717) is 18.5 Å². The van der Waals surface area contributed by atoms with Gasteiger partial charge in [-0.3, -0.25) is 9.59 Å². The second kappa shape index (κ2) is 14.4. The average molecular weight is 598 g/mol. The van der Waals surface area contributed by atoms with Gasteiger partial charge in [0.25, 0.3) is 0 Å². The van der Waals surface area contributed by atoms with Gasteiger partial charge in [0, 0.05) is 52.1 Å². The van der Waals surface area contributed by atoms with Gasteiger partial charge in [-0.05, 0) is 91.3 Å². The second-order valence-corrected chi connectivity index (χ2v) is 16.0. The summed E-state index contributed by atoms with van der Waals surface area (Å²) in [7, 11) is 0. The molecule has 1 aliphatic heterocycles. The molecule has 3 saturated carbocycles. The summed E-state index contributed by atoms with van der Waals surface area (Å²) < 4.78 is 6.02. The molecule has 4 aliphatic carbocycles. The topological polar surface area (TPSA) is 70.7 Å². The second-order valence-electron chi connectivity index (χ2n) is 16.0. The van der Waals surface area contributed by atoms with E-state index in [1.807, 2.05) is 4.90 Å². The van der Waals surface area contributed by atoms with Crippen LogP contribution in [-0.4, -0.2) is 62.1 Å². The summed E-state index contributed by atoms with van der Waals surface area (Å²) >= 11 is 0. The fourth-order valence-corrected chi connectivity index (χ4v) is 10.6. The van der Waals surface area contributed by atoms with Crippen LogP contribution in [0.2, 0.25) is 0 Å². The lowest BCUT2D eigenvalue weighted by atomic mass is 9.47. The normalized spacial score (nSPS) is 37.2. The maximum Gasteiger partial charge on any atom is 0.306 e. The predicted molar refractivity (Wildman–Crippen MR) is 174 cm³/mol. The number of carbonyl (C=O) groups excluding carboxylic acids is 2. The molecule has 6 nitrogen and oxygen atoms in total. The third-order valence-corrected chi connectivity index (χ3v) is 13.0. The third-order valence-electron chi connectivity index (χ3n) is 13.0. The van der Waals surface area contributed by atoms with Crippen molar-refractivity contribution in [1.29, 1.82) is 0 Å². The van der Waals surface area contributed by atoms with Crippen molar-refractivity contribution in [3.05, 3.63) is 11.6 Å². The van der Waals surface area contributed by atoms with Gasteiger partial charge < -0.3 is 20.3 Å². The molecule has 0 aromatic carbocycles. The molecule has 1 amide bonds. The minimum absolute atomic E-state index is 0.0338. The molecule has 0 bridgehead atoms.